The molecule has 1 heterocycles. The third kappa shape index (κ3) is 4.46. The Balaban J connectivity index is 2.28. The Labute approximate surface area is 96.2 Å². The SMILES string of the molecule is CS(=O)(=O)NCC[C@H](N)C(=O)N1CCCC1. The average Bonchev–Trinajstić information content (AvgIpc) is 2.67. The minimum Gasteiger partial charge on any atom is -0.341 e. The molecule has 3 N–H and O–H groups in total. The molecule has 0 spiro atoms. The van der Waals surface area contributed by atoms with Gasteiger partial charge in [0.2, 0.25) is 15.9 Å². The molecule has 1 aliphatic rings. The van der Waals surface area contributed by atoms with Gasteiger partial charge < -0.3 is 10.6 Å². The van der Waals surface area contributed by atoms with Crippen LogP contribution in [0, 0.1) is 0 Å². The van der Waals surface area contributed by atoms with E-state index >= 15 is 0 Å². The van der Waals surface area contributed by atoms with Gasteiger partial charge in [-0.2, -0.15) is 0 Å². The predicted octanol–water partition coefficient (Wildman–Crippen LogP) is -1.12. The minimum atomic E-state index is -3.19. The van der Waals surface area contributed by atoms with Crippen molar-refractivity contribution in [3.63, 3.8) is 0 Å². The summed E-state index contributed by atoms with van der Waals surface area (Å²) in [5, 5.41) is 0. The van der Waals surface area contributed by atoms with E-state index in [2.05, 4.69) is 4.72 Å². The molecule has 94 valence electrons. The number of carbonyl (C=O) groups is 1. The van der Waals surface area contributed by atoms with E-state index in [0.29, 0.717) is 6.42 Å². The number of amides is 1. The third-order valence-electron chi connectivity index (χ3n) is 2.55. The van der Waals surface area contributed by atoms with Gasteiger partial charge in [-0.05, 0) is 19.3 Å². The number of likely N-dealkylation sites (tertiary alicyclic amines) is 1. The van der Waals surface area contributed by atoms with Gasteiger partial charge in [-0.1, -0.05) is 0 Å². The average molecular weight is 249 g/mol. The molecule has 7 heteroatoms. The van der Waals surface area contributed by atoms with Crippen LogP contribution in [0.15, 0.2) is 0 Å². The van der Waals surface area contributed by atoms with E-state index < -0.39 is 16.1 Å². The molecule has 16 heavy (non-hydrogen) atoms. The van der Waals surface area contributed by atoms with Crippen molar-refractivity contribution in [1.82, 2.24) is 9.62 Å². The summed E-state index contributed by atoms with van der Waals surface area (Å²) in [5.41, 5.74) is 5.70. The van der Waals surface area contributed by atoms with Crippen molar-refractivity contribution in [3.05, 3.63) is 0 Å². The number of hydrogen-bond acceptors (Lipinski definition) is 4. The Morgan fingerprint density at radius 2 is 2.00 bits per heavy atom. The molecular formula is C9H19N3O3S. The number of hydrogen-bond donors (Lipinski definition) is 2. The first-order valence-electron chi connectivity index (χ1n) is 5.39. The molecule has 0 unspecified atom stereocenters. The molecule has 0 bridgehead atoms. The van der Waals surface area contributed by atoms with E-state index in [0.717, 1.165) is 32.2 Å². The molecule has 1 atom stereocenters. The number of nitrogens with two attached hydrogens (primary N) is 1. The third-order valence-corrected chi connectivity index (χ3v) is 3.28. The van der Waals surface area contributed by atoms with Crippen LogP contribution in [0.2, 0.25) is 0 Å². The summed E-state index contributed by atoms with van der Waals surface area (Å²) in [6.45, 7) is 1.75. The van der Waals surface area contributed by atoms with Gasteiger partial charge in [-0.15, -0.1) is 0 Å². The van der Waals surface area contributed by atoms with E-state index in [1.807, 2.05) is 0 Å². The highest BCUT2D eigenvalue weighted by Gasteiger charge is 2.23. The predicted molar refractivity (Wildman–Crippen MR) is 61.3 cm³/mol. The van der Waals surface area contributed by atoms with Crippen molar-refractivity contribution in [2.75, 3.05) is 25.9 Å². The summed E-state index contributed by atoms with van der Waals surface area (Å²) in [6.07, 6.45) is 3.48. The Morgan fingerprint density at radius 1 is 1.44 bits per heavy atom. The van der Waals surface area contributed by atoms with Crippen LogP contribution >= 0.6 is 0 Å². The fourth-order valence-corrected chi connectivity index (χ4v) is 2.18. The maximum atomic E-state index is 11.7. The summed E-state index contributed by atoms with van der Waals surface area (Å²) in [6, 6.07) is -0.604. The molecule has 0 aromatic heterocycles. The van der Waals surface area contributed by atoms with Crippen molar-refractivity contribution in [1.29, 1.82) is 0 Å². The highest BCUT2D eigenvalue weighted by Crippen LogP contribution is 2.09. The second kappa shape index (κ2) is 5.60. The van der Waals surface area contributed by atoms with Gasteiger partial charge in [-0.25, -0.2) is 13.1 Å². The number of rotatable bonds is 5. The van der Waals surface area contributed by atoms with E-state index in [1.54, 1.807) is 4.90 Å². The van der Waals surface area contributed by atoms with Gasteiger partial charge >= 0.3 is 0 Å². The number of carbonyl (C=O) groups excluding carboxylic acids is 1. The van der Waals surface area contributed by atoms with Gasteiger partial charge in [0.15, 0.2) is 0 Å². The van der Waals surface area contributed by atoms with Crippen LogP contribution in [0.3, 0.4) is 0 Å². The molecule has 0 aromatic carbocycles. The number of nitrogens with zero attached hydrogens (tertiary/aromatic N) is 1. The van der Waals surface area contributed by atoms with Crippen molar-refractivity contribution >= 4 is 15.9 Å². The largest absolute Gasteiger partial charge is 0.341 e. The van der Waals surface area contributed by atoms with Gasteiger partial charge in [0.25, 0.3) is 0 Å². The van der Waals surface area contributed by atoms with Gasteiger partial charge in [0.05, 0.1) is 12.3 Å². The topological polar surface area (TPSA) is 92.5 Å². The van der Waals surface area contributed by atoms with Crippen molar-refractivity contribution in [2.24, 2.45) is 5.73 Å². The second-order valence-corrected chi connectivity index (χ2v) is 5.93. The summed E-state index contributed by atoms with van der Waals surface area (Å²) in [5.74, 6) is -0.0761. The van der Waals surface area contributed by atoms with E-state index in [1.165, 1.54) is 0 Å². The van der Waals surface area contributed by atoms with Gasteiger partial charge in [-0.3, -0.25) is 4.79 Å². The molecule has 0 radical (unpaired) electrons. The van der Waals surface area contributed by atoms with Crippen LogP contribution in [0.1, 0.15) is 19.3 Å². The zero-order valence-corrected chi connectivity index (χ0v) is 10.3. The first-order valence-corrected chi connectivity index (χ1v) is 7.28. The van der Waals surface area contributed by atoms with Crippen LogP contribution in [0.5, 0.6) is 0 Å². The highest BCUT2D eigenvalue weighted by atomic mass is 32.2. The van der Waals surface area contributed by atoms with Gasteiger partial charge in [0.1, 0.15) is 0 Å². The quantitative estimate of drug-likeness (QED) is 0.645. The van der Waals surface area contributed by atoms with Gasteiger partial charge in [0, 0.05) is 19.6 Å². The summed E-state index contributed by atoms with van der Waals surface area (Å²) >= 11 is 0. The second-order valence-electron chi connectivity index (χ2n) is 4.09. The van der Waals surface area contributed by atoms with Crippen LogP contribution in [-0.4, -0.2) is 51.2 Å². The number of sulfonamides is 1. The molecule has 1 saturated heterocycles. The molecular weight excluding hydrogens is 230 g/mol. The molecule has 1 rings (SSSR count). The summed E-state index contributed by atoms with van der Waals surface area (Å²) in [4.78, 5) is 13.5. The normalized spacial score (nSPS) is 18.8. The standard InChI is InChI=1S/C9H19N3O3S/c1-16(14,15)11-5-4-8(10)9(13)12-6-2-3-7-12/h8,11H,2-7,10H2,1H3/t8-/m0/s1. The highest BCUT2D eigenvalue weighted by molar-refractivity contribution is 7.88. The Hall–Kier alpha value is -0.660. The monoisotopic (exact) mass is 249 g/mol. The molecule has 1 aliphatic heterocycles. The van der Waals surface area contributed by atoms with E-state index in [9.17, 15) is 13.2 Å². The lowest BCUT2D eigenvalue weighted by molar-refractivity contribution is -0.131. The first kappa shape index (κ1) is 13.4. The molecule has 0 saturated carbocycles. The fraction of sp³-hybridized carbons (Fsp3) is 0.889. The van der Waals surface area contributed by atoms with E-state index in [-0.39, 0.29) is 12.5 Å². The Kier molecular flexibility index (Phi) is 4.69. The zero-order valence-electron chi connectivity index (χ0n) is 9.48. The molecule has 1 amide bonds. The maximum absolute atomic E-state index is 11.7. The zero-order chi connectivity index (χ0) is 12.2. The van der Waals surface area contributed by atoms with Crippen LogP contribution in [0.25, 0.3) is 0 Å². The van der Waals surface area contributed by atoms with Crippen molar-refractivity contribution in [3.8, 4) is 0 Å². The minimum absolute atomic E-state index is 0.0761. The first-order chi connectivity index (χ1) is 7.40. The molecule has 1 fully saturated rings. The molecule has 0 aromatic rings. The maximum Gasteiger partial charge on any atom is 0.239 e. The van der Waals surface area contributed by atoms with Crippen molar-refractivity contribution in [2.45, 2.75) is 25.3 Å². The van der Waals surface area contributed by atoms with Crippen LogP contribution in [-0.2, 0) is 14.8 Å². The number of nitrogens with one attached hydrogen (secondary N) is 1. The molecule has 0 aliphatic carbocycles. The van der Waals surface area contributed by atoms with E-state index in [4.69, 9.17) is 5.73 Å². The lowest BCUT2D eigenvalue weighted by Gasteiger charge is -2.20. The van der Waals surface area contributed by atoms with Crippen LogP contribution < -0.4 is 10.5 Å². The lowest BCUT2D eigenvalue weighted by atomic mass is 10.2. The summed E-state index contributed by atoms with van der Waals surface area (Å²) in [7, 11) is -3.19. The lowest BCUT2D eigenvalue weighted by Crippen LogP contribution is -2.44. The Bertz CT molecular complexity index is 336. The van der Waals surface area contributed by atoms with Crippen molar-refractivity contribution < 1.29 is 13.2 Å². The summed E-state index contributed by atoms with van der Waals surface area (Å²) < 4.78 is 23.9. The molecule has 6 nitrogen and oxygen atoms in total. The fourth-order valence-electron chi connectivity index (χ4n) is 1.70. The Morgan fingerprint density at radius 3 is 2.50 bits per heavy atom. The van der Waals surface area contributed by atoms with Crippen LogP contribution in [0.4, 0.5) is 0 Å². The smallest absolute Gasteiger partial charge is 0.239 e.